The first-order valence-electron chi connectivity index (χ1n) is 3.98. The monoisotopic (exact) mass is 172 g/mol. The molecule has 2 aromatic rings. The van der Waals surface area contributed by atoms with Crippen LogP contribution in [-0.2, 0) is 6.42 Å². The first-order valence-corrected chi connectivity index (χ1v) is 3.98. The van der Waals surface area contributed by atoms with E-state index in [1.807, 2.05) is 6.07 Å². The van der Waals surface area contributed by atoms with E-state index in [0.717, 1.165) is 16.5 Å². The predicted octanol–water partition coefficient (Wildman–Crippen LogP) is 1.94. The first-order chi connectivity index (χ1) is 6.33. The number of fused-ring (bicyclic) bond motifs is 1. The number of aromatic amines is 1. The second-order valence-corrected chi connectivity index (χ2v) is 2.85. The zero-order valence-corrected chi connectivity index (χ0v) is 6.91. The number of hydrogen-bond donors (Lipinski definition) is 2. The summed E-state index contributed by atoms with van der Waals surface area (Å²) in [4.78, 5) is 3.00. The summed E-state index contributed by atoms with van der Waals surface area (Å²) in [7, 11) is 0. The van der Waals surface area contributed by atoms with Crippen LogP contribution in [0.15, 0.2) is 24.4 Å². The van der Waals surface area contributed by atoms with Crippen LogP contribution >= 0.6 is 0 Å². The number of nitrogens with zero attached hydrogens (tertiary/aromatic N) is 1. The third-order valence-electron chi connectivity index (χ3n) is 2.03. The number of benzene rings is 1. The molecule has 0 fully saturated rings. The highest BCUT2D eigenvalue weighted by atomic mass is 16.3. The molecule has 1 aromatic carbocycles. The fourth-order valence-electron chi connectivity index (χ4n) is 1.46. The molecule has 0 saturated heterocycles. The Hall–Kier alpha value is -1.95. The third kappa shape index (κ3) is 1.13. The van der Waals surface area contributed by atoms with Crippen molar-refractivity contribution in [1.82, 2.24) is 4.98 Å². The van der Waals surface area contributed by atoms with Crippen molar-refractivity contribution in [3.63, 3.8) is 0 Å². The van der Waals surface area contributed by atoms with Crippen molar-refractivity contribution < 1.29 is 5.11 Å². The van der Waals surface area contributed by atoms with Crippen molar-refractivity contribution in [3.05, 3.63) is 30.0 Å². The maximum absolute atomic E-state index is 9.54. The highest BCUT2D eigenvalue weighted by Gasteiger charge is 2.06. The van der Waals surface area contributed by atoms with Crippen molar-refractivity contribution in [3.8, 4) is 11.8 Å². The molecule has 0 aliphatic rings. The number of phenols is 1. The molecule has 64 valence electrons. The van der Waals surface area contributed by atoms with E-state index in [1.165, 1.54) is 0 Å². The summed E-state index contributed by atoms with van der Waals surface area (Å²) < 4.78 is 0. The number of rotatable bonds is 1. The highest BCUT2D eigenvalue weighted by Crippen LogP contribution is 2.27. The Balaban J connectivity index is 2.73. The van der Waals surface area contributed by atoms with Crippen LogP contribution in [0.3, 0.4) is 0 Å². The summed E-state index contributed by atoms with van der Waals surface area (Å²) in [5.74, 6) is 0.226. The van der Waals surface area contributed by atoms with Gasteiger partial charge in [-0.3, -0.25) is 0 Å². The van der Waals surface area contributed by atoms with E-state index in [1.54, 1.807) is 18.3 Å². The molecule has 2 rings (SSSR count). The molecular weight excluding hydrogens is 164 g/mol. The lowest BCUT2D eigenvalue weighted by Gasteiger charge is -1.95. The van der Waals surface area contributed by atoms with Crippen LogP contribution < -0.4 is 0 Å². The van der Waals surface area contributed by atoms with Gasteiger partial charge in [-0.2, -0.15) is 5.26 Å². The number of hydrogen-bond acceptors (Lipinski definition) is 2. The summed E-state index contributed by atoms with van der Waals surface area (Å²) in [6, 6.07) is 7.32. The molecule has 1 aromatic heterocycles. The topological polar surface area (TPSA) is 59.8 Å². The number of aromatic hydroxyl groups is 1. The van der Waals surface area contributed by atoms with E-state index < -0.39 is 0 Å². The van der Waals surface area contributed by atoms with E-state index in [2.05, 4.69) is 11.1 Å². The van der Waals surface area contributed by atoms with Gasteiger partial charge in [0.2, 0.25) is 0 Å². The van der Waals surface area contributed by atoms with Gasteiger partial charge in [-0.1, -0.05) is 6.07 Å². The largest absolute Gasteiger partial charge is 0.507 e. The van der Waals surface area contributed by atoms with Gasteiger partial charge in [0.1, 0.15) is 5.75 Å². The maximum Gasteiger partial charge on any atom is 0.125 e. The molecule has 2 N–H and O–H groups in total. The predicted molar refractivity (Wildman–Crippen MR) is 49.3 cm³/mol. The lowest BCUT2D eigenvalue weighted by molar-refractivity contribution is 0.481. The third-order valence-corrected chi connectivity index (χ3v) is 2.03. The Morgan fingerprint density at radius 2 is 2.31 bits per heavy atom. The van der Waals surface area contributed by atoms with Crippen molar-refractivity contribution in [2.24, 2.45) is 0 Å². The van der Waals surface area contributed by atoms with E-state index in [4.69, 9.17) is 5.26 Å². The van der Waals surface area contributed by atoms with Gasteiger partial charge >= 0.3 is 0 Å². The maximum atomic E-state index is 9.54. The van der Waals surface area contributed by atoms with Gasteiger partial charge in [0.25, 0.3) is 0 Å². The van der Waals surface area contributed by atoms with E-state index in [9.17, 15) is 5.11 Å². The fourth-order valence-corrected chi connectivity index (χ4v) is 1.46. The summed E-state index contributed by atoms with van der Waals surface area (Å²) in [6.07, 6.45) is 2.07. The van der Waals surface area contributed by atoms with Gasteiger partial charge in [-0.05, 0) is 17.7 Å². The molecule has 0 unspecified atom stereocenters. The van der Waals surface area contributed by atoms with Crippen LogP contribution in [0.2, 0.25) is 0 Å². The Morgan fingerprint density at radius 3 is 3.08 bits per heavy atom. The van der Waals surface area contributed by atoms with Gasteiger partial charge < -0.3 is 10.1 Å². The molecule has 0 radical (unpaired) electrons. The van der Waals surface area contributed by atoms with Crippen molar-refractivity contribution in [2.45, 2.75) is 6.42 Å². The number of nitriles is 1. The molecule has 0 spiro atoms. The Bertz CT molecular complexity index is 479. The van der Waals surface area contributed by atoms with Crippen LogP contribution in [0.5, 0.6) is 5.75 Å². The average Bonchev–Trinajstić information content (AvgIpc) is 2.51. The van der Waals surface area contributed by atoms with Crippen molar-refractivity contribution in [1.29, 1.82) is 5.26 Å². The van der Waals surface area contributed by atoms with Gasteiger partial charge in [-0.25, -0.2) is 0 Å². The number of nitrogens with one attached hydrogen (secondary N) is 1. The van der Waals surface area contributed by atoms with E-state index in [-0.39, 0.29) is 5.75 Å². The smallest absolute Gasteiger partial charge is 0.125 e. The summed E-state index contributed by atoms with van der Waals surface area (Å²) in [5, 5.41) is 18.8. The summed E-state index contributed by atoms with van der Waals surface area (Å²) >= 11 is 0. The molecule has 0 bridgehead atoms. The molecule has 0 amide bonds. The van der Waals surface area contributed by atoms with Crippen LogP contribution in [0.4, 0.5) is 0 Å². The quantitative estimate of drug-likeness (QED) is 0.690. The average molecular weight is 172 g/mol. The van der Waals surface area contributed by atoms with E-state index in [0.29, 0.717) is 6.42 Å². The molecule has 0 atom stereocenters. The summed E-state index contributed by atoms with van der Waals surface area (Å²) in [5.41, 5.74) is 1.71. The van der Waals surface area contributed by atoms with Crippen LogP contribution in [-0.4, -0.2) is 10.1 Å². The molecule has 0 aliphatic heterocycles. The molecule has 0 saturated carbocycles. The second-order valence-electron chi connectivity index (χ2n) is 2.85. The summed E-state index contributed by atoms with van der Waals surface area (Å²) in [6.45, 7) is 0. The zero-order valence-electron chi connectivity index (χ0n) is 6.91. The minimum Gasteiger partial charge on any atom is -0.507 e. The normalized spacial score (nSPS) is 10.1. The molecular formula is C10H8N2O. The Labute approximate surface area is 75.2 Å². The fraction of sp³-hybridized carbons (Fsp3) is 0.100. The van der Waals surface area contributed by atoms with Crippen LogP contribution in [0.25, 0.3) is 10.9 Å². The van der Waals surface area contributed by atoms with Crippen molar-refractivity contribution in [2.75, 3.05) is 0 Å². The number of phenolic OH excluding ortho intramolecular Hbond substituents is 1. The molecule has 13 heavy (non-hydrogen) atoms. The van der Waals surface area contributed by atoms with Gasteiger partial charge in [-0.15, -0.1) is 0 Å². The lowest BCUT2D eigenvalue weighted by atomic mass is 10.1. The number of aromatic nitrogens is 1. The van der Waals surface area contributed by atoms with Gasteiger partial charge in [0, 0.05) is 17.1 Å². The minimum atomic E-state index is 0.226. The van der Waals surface area contributed by atoms with Gasteiger partial charge in [0.05, 0.1) is 12.5 Å². The SMILES string of the molecule is N#CCc1c[nH]c2cccc(O)c12. The molecule has 0 aliphatic carbocycles. The first kappa shape index (κ1) is 7.69. The standard InChI is InChI=1S/C10H8N2O/c11-5-4-7-6-12-8-2-1-3-9(13)10(7)8/h1-3,6,12-13H,4H2. The van der Waals surface area contributed by atoms with Crippen LogP contribution in [0, 0.1) is 11.3 Å². The Morgan fingerprint density at radius 1 is 1.46 bits per heavy atom. The zero-order chi connectivity index (χ0) is 9.26. The minimum absolute atomic E-state index is 0.226. The highest BCUT2D eigenvalue weighted by molar-refractivity contribution is 5.89. The number of H-pyrrole nitrogens is 1. The lowest BCUT2D eigenvalue weighted by Crippen LogP contribution is -1.77. The molecule has 3 nitrogen and oxygen atoms in total. The van der Waals surface area contributed by atoms with Crippen LogP contribution in [0.1, 0.15) is 5.56 Å². The molecule has 3 heteroatoms. The van der Waals surface area contributed by atoms with Gasteiger partial charge in [0.15, 0.2) is 0 Å². The van der Waals surface area contributed by atoms with Crippen molar-refractivity contribution >= 4 is 10.9 Å². The molecule has 1 heterocycles. The second kappa shape index (κ2) is 2.83. The Kier molecular flexibility index (Phi) is 1.67. The van der Waals surface area contributed by atoms with E-state index >= 15 is 0 Å².